The van der Waals surface area contributed by atoms with Gasteiger partial charge < -0.3 is 9.84 Å². The lowest BCUT2D eigenvalue weighted by atomic mass is 9.94. The van der Waals surface area contributed by atoms with Gasteiger partial charge in [0, 0.05) is 11.3 Å². The monoisotopic (exact) mass is 459 g/mol. The second-order valence-electron chi connectivity index (χ2n) is 8.39. The summed E-state index contributed by atoms with van der Waals surface area (Å²) >= 11 is 0. The second kappa shape index (κ2) is 9.51. The lowest BCUT2D eigenvalue weighted by Crippen LogP contribution is -2.29. The first-order valence-corrected chi connectivity index (χ1v) is 11.2. The van der Waals surface area contributed by atoms with E-state index in [4.69, 9.17) is 4.74 Å². The van der Waals surface area contributed by atoms with Crippen LogP contribution in [0.2, 0.25) is 0 Å². The van der Waals surface area contributed by atoms with Crippen LogP contribution in [0.5, 0.6) is 5.75 Å². The predicted octanol–water partition coefficient (Wildman–Crippen LogP) is 5.86. The van der Waals surface area contributed by atoms with Crippen LogP contribution in [0.1, 0.15) is 41.6 Å². The zero-order chi connectivity index (χ0) is 24.4. The molecule has 4 rings (SSSR count). The summed E-state index contributed by atoms with van der Waals surface area (Å²) < 4.78 is 19.7. The number of carbonyl (C=O) groups is 2. The maximum atomic E-state index is 14.0. The van der Waals surface area contributed by atoms with E-state index in [-0.39, 0.29) is 17.0 Å². The molecule has 1 atom stereocenters. The number of nitrogens with zero attached hydrogens (tertiary/aromatic N) is 1. The number of hydrogen-bond acceptors (Lipinski definition) is 4. The van der Waals surface area contributed by atoms with E-state index in [0.717, 1.165) is 17.5 Å². The third-order valence-corrected chi connectivity index (χ3v) is 5.80. The maximum absolute atomic E-state index is 14.0. The first-order chi connectivity index (χ1) is 16.3. The van der Waals surface area contributed by atoms with Gasteiger partial charge in [0.1, 0.15) is 17.3 Å². The molecule has 5 nitrogen and oxygen atoms in total. The van der Waals surface area contributed by atoms with Crippen LogP contribution in [0.3, 0.4) is 0 Å². The van der Waals surface area contributed by atoms with Crippen LogP contribution < -0.4 is 9.64 Å². The van der Waals surface area contributed by atoms with Gasteiger partial charge in [0.15, 0.2) is 0 Å². The van der Waals surface area contributed by atoms with Crippen molar-refractivity contribution in [1.82, 2.24) is 0 Å². The third-order valence-electron chi connectivity index (χ3n) is 5.80. The van der Waals surface area contributed by atoms with Gasteiger partial charge >= 0.3 is 0 Å². The Morgan fingerprint density at radius 3 is 2.47 bits per heavy atom. The van der Waals surface area contributed by atoms with Crippen molar-refractivity contribution in [2.75, 3.05) is 11.5 Å². The van der Waals surface area contributed by atoms with Crippen molar-refractivity contribution in [1.29, 1.82) is 0 Å². The highest BCUT2D eigenvalue weighted by molar-refractivity contribution is 6.51. The van der Waals surface area contributed by atoms with Crippen LogP contribution in [-0.2, 0) is 9.59 Å². The summed E-state index contributed by atoms with van der Waals surface area (Å²) in [7, 11) is 0. The number of anilines is 1. The average molecular weight is 460 g/mol. The molecule has 174 valence electrons. The molecule has 1 aliphatic heterocycles. The lowest BCUT2D eigenvalue weighted by Gasteiger charge is -2.25. The van der Waals surface area contributed by atoms with Gasteiger partial charge in [-0.05, 0) is 67.8 Å². The summed E-state index contributed by atoms with van der Waals surface area (Å²) in [4.78, 5) is 27.6. The first kappa shape index (κ1) is 23.2. The molecule has 0 radical (unpaired) electrons. The summed E-state index contributed by atoms with van der Waals surface area (Å²) in [5.41, 5.74) is 2.97. The summed E-state index contributed by atoms with van der Waals surface area (Å²) in [5, 5.41) is 11.3. The van der Waals surface area contributed by atoms with E-state index in [1.807, 2.05) is 39.0 Å². The number of amides is 1. The highest BCUT2D eigenvalue weighted by atomic mass is 19.1. The number of aryl methyl sites for hydroxylation is 2. The SMILES string of the molecule is CCCOc1ccc(/C(O)=C2\C(=O)C(=O)N(c3cccc(F)c3)C2c2cccc(C)c2)cc1C. The van der Waals surface area contributed by atoms with Crippen molar-refractivity contribution in [3.05, 3.63) is 100 Å². The quantitative estimate of drug-likeness (QED) is 0.285. The van der Waals surface area contributed by atoms with Crippen molar-refractivity contribution in [2.45, 2.75) is 33.2 Å². The Kier molecular flexibility index (Phi) is 6.50. The summed E-state index contributed by atoms with van der Waals surface area (Å²) in [6.07, 6.45) is 0.862. The molecule has 1 amide bonds. The molecule has 3 aromatic rings. The van der Waals surface area contributed by atoms with Gasteiger partial charge in [0.2, 0.25) is 0 Å². The van der Waals surface area contributed by atoms with Crippen LogP contribution >= 0.6 is 0 Å². The molecule has 0 saturated carbocycles. The Morgan fingerprint density at radius 1 is 1.03 bits per heavy atom. The number of ketones is 1. The number of Topliss-reactive ketones (excluding diaryl/α,β-unsaturated/α-hetero) is 1. The van der Waals surface area contributed by atoms with Gasteiger partial charge in [-0.3, -0.25) is 14.5 Å². The molecular formula is C28H26FNO4. The van der Waals surface area contributed by atoms with Crippen molar-refractivity contribution in [2.24, 2.45) is 0 Å². The second-order valence-corrected chi connectivity index (χ2v) is 8.39. The Bertz CT molecular complexity index is 1300. The fourth-order valence-corrected chi connectivity index (χ4v) is 4.21. The Balaban J connectivity index is 1.89. The van der Waals surface area contributed by atoms with Crippen molar-refractivity contribution < 1.29 is 23.8 Å². The smallest absolute Gasteiger partial charge is 0.300 e. The van der Waals surface area contributed by atoms with Gasteiger partial charge in [-0.25, -0.2) is 4.39 Å². The molecule has 1 N–H and O–H groups in total. The summed E-state index contributed by atoms with van der Waals surface area (Å²) in [6, 6.07) is 17.1. The van der Waals surface area contributed by atoms with Gasteiger partial charge in [-0.2, -0.15) is 0 Å². The molecule has 0 aromatic heterocycles. The van der Waals surface area contributed by atoms with Crippen LogP contribution in [0, 0.1) is 19.7 Å². The molecule has 1 unspecified atom stereocenters. The minimum Gasteiger partial charge on any atom is -0.507 e. The van der Waals surface area contributed by atoms with E-state index in [0.29, 0.717) is 23.5 Å². The first-order valence-electron chi connectivity index (χ1n) is 11.2. The normalized spacial score (nSPS) is 17.3. The van der Waals surface area contributed by atoms with Crippen LogP contribution in [-0.4, -0.2) is 23.4 Å². The lowest BCUT2D eigenvalue weighted by molar-refractivity contribution is -0.132. The van der Waals surface area contributed by atoms with Crippen LogP contribution in [0.25, 0.3) is 5.76 Å². The fourth-order valence-electron chi connectivity index (χ4n) is 4.21. The van der Waals surface area contributed by atoms with E-state index in [2.05, 4.69) is 0 Å². The molecule has 0 bridgehead atoms. The zero-order valence-electron chi connectivity index (χ0n) is 19.3. The molecule has 0 aliphatic carbocycles. The Labute approximate surface area is 198 Å². The highest BCUT2D eigenvalue weighted by Gasteiger charge is 2.47. The number of hydrogen-bond donors (Lipinski definition) is 1. The number of carbonyl (C=O) groups excluding carboxylic acids is 2. The van der Waals surface area contributed by atoms with Gasteiger partial charge in [0.05, 0.1) is 18.2 Å². The summed E-state index contributed by atoms with van der Waals surface area (Å²) in [5.74, 6) is -1.76. The molecule has 1 aliphatic rings. The summed E-state index contributed by atoms with van der Waals surface area (Å²) in [6.45, 7) is 6.33. The topological polar surface area (TPSA) is 66.8 Å². The van der Waals surface area contributed by atoms with Crippen LogP contribution in [0.15, 0.2) is 72.3 Å². The molecule has 0 spiro atoms. The minimum absolute atomic E-state index is 0.0403. The Hall–Kier alpha value is -3.93. The van der Waals surface area contributed by atoms with E-state index in [9.17, 15) is 19.1 Å². The Morgan fingerprint density at radius 2 is 1.79 bits per heavy atom. The molecule has 34 heavy (non-hydrogen) atoms. The molecule has 1 fully saturated rings. The molecule has 3 aromatic carbocycles. The molecular weight excluding hydrogens is 433 g/mol. The van der Waals surface area contributed by atoms with Crippen molar-refractivity contribution in [3.63, 3.8) is 0 Å². The highest BCUT2D eigenvalue weighted by Crippen LogP contribution is 2.42. The zero-order valence-corrected chi connectivity index (χ0v) is 19.3. The number of aliphatic hydroxyl groups excluding tert-OH is 1. The van der Waals surface area contributed by atoms with E-state index in [1.54, 1.807) is 30.3 Å². The standard InChI is InChI=1S/C28H26FNO4/c1-4-13-34-23-12-11-20(15-18(23)3)26(31)24-25(19-8-5-7-17(2)14-19)30(28(33)27(24)32)22-10-6-9-21(29)16-22/h5-12,14-16,25,31H,4,13H2,1-3H3/b26-24+. The van der Waals surface area contributed by atoms with Gasteiger partial charge in [-0.15, -0.1) is 0 Å². The minimum atomic E-state index is -0.905. The largest absolute Gasteiger partial charge is 0.507 e. The van der Waals surface area contributed by atoms with Crippen molar-refractivity contribution >= 4 is 23.1 Å². The average Bonchev–Trinajstić information content (AvgIpc) is 3.08. The number of ether oxygens (including phenoxy) is 1. The maximum Gasteiger partial charge on any atom is 0.300 e. The van der Waals surface area contributed by atoms with Crippen LogP contribution in [0.4, 0.5) is 10.1 Å². The molecule has 1 saturated heterocycles. The predicted molar refractivity (Wildman–Crippen MR) is 129 cm³/mol. The van der Waals surface area contributed by atoms with Gasteiger partial charge in [-0.1, -0.05) is 42.8 Å². The number of benzene rings is 3. The number of halogens is 1. The van der Waals surface area contributed by atoms with E-state index < -0.39 is 23.5 Å². The molecule has 6 heteroatoms. The van der Waals surface area contributed by atoms with E-state index in [1.165, 1.54) is 23.1 Å². The fraction of sp³-hybridized carbons (Fsp3) is 0.214. The van der Waals surface area contributed by atoms with Crippen molar-refractivity contribution in [3.8, 4) is 5.75 Å². The van der Waals surface area contributed by atoms with E-state index >= 15 is 0 Å². The van der Waals surface area contributed by atoms with Gasteiger partial charge in [0.25, 0.3) is 11.7 Å². The molecule has 1 heterocycles. The number of rotatable bonds is 6. The number of aliphatic hydroxyl groups is 1. The third kappa shape index (κ3) is 4.31.